The molecule has 2 aromatic rings. The lowest BCUT2D eigenvalue weighted by Crippen LogP contribution is -2.48. The van der Waals surface area contributed by atoms with Crippen molar-refractivity contribution in [2.45, 2.75) is 110 Å². The topological polar surface area (TPSA) is 144 Å². The van der Waals surface area contributed by atoms with Gasteiger partial charge >= 0.3 is 6.09 Å². The average molecular weight is 555 g/mol. The van der Waals surface area contributed by atoms with Crippen molar-refractivity contribution < 1.29 is 14.6 Å². The summed E-state index contributed by atoms with van der Waals surface area (Å²) in [6.45, 7) is 10.5. The Labute approximate surface area is 237 Å². The molecular weight excluding hydrogens is 508 g/mol. The molecule has 220 valence electrons. The van der Waals surface area contributed by atoms with Crippen molar-refractivity contribution >= 4 is 34.9 Å². The van der Waals surface area contributed by atoms with Gasteiger partial charge in [0, 0.05) is 26.2 Å². The Balaban J connectivity index is 1.66. The minimum Gasteiger partial charge on any atom is -0.463 e. The molecular formula is C29H46N8O3. The van der Waals surface area contributed by atoms with E-state index in [9.17, 15) is 9.90 Å². The Kier molecular flexibility index (Phi) is 8.22. The van der Waals surface area contributed by atoms with E-state index in [2.05, 4.69) is 52.5 Å². The van der Waals surface area contributed by atoms with Crippen molar-refractivity contribution in [1.29, 1.82) is 0 Å². The predicted molar refractivity (Wildman–Crippen MR) is 157 cm³/mol. The van der Waals surface area contributed by atoms with E-state index >= 15 is 0 Å². The fourth-order valence-corrected chi connectivity index (χ4v) is 6.69. The highest BCUT2D eigenvalue weighted by Gasteiger charge is 2.40. The summed E-state index contributed by atoms with van der Waals surface area (Å²) in [6, 6.07) is 0.363. The fourth-order valence-electron chi connectivity index (χ4n) is 6.69. The number of imidazole rings is 1. The van der Waals surface area contributed by atoms with Gasteiger partial charge in [0.05, 0.1) is 11.6 Å². The molecule has 1 unspecified atom stereocenters. The summed E-state index contributed by atoms with van der Waals surface area (Å²) in [6.07, 6.45) is 9.16. The molecule has 2 aliphatic carbocycles. The SMILES string of the molecule is COC(C)(C)C1CCCN1c1nc2nc(/C(N)=N/C(=O)O)nc(N[C@H](C)C3CCC3)c2n1CC1CCC(C)CC1. The Bertz CT molecular complexity index is 1250. The molecule has 0 aromatic carbocycles. The van der Waals surface area contributed by atoms with Gasteiger partial charge in [0.2, 0.25) is 5.95 Å². The molecule has 40 heavy (non-hydrogen) atoms. The van der Waals surface area contributed by atoms with Gasteiger partial charge in [0.25, 0.3) is 0 Å². The van der Waals surface area contributed by atoms with E-state index in [1.54, 1.807) is 7.11 Å². The first kappa shape index (κ1) is 28.6. The second-order valence-electron chi connectivity index (χ2n) is 12.8. The number of hydrogen-bond donors (Lipinski definition) is 3. The first-order chi connectivity index (χ1) is 19.1. The molecule has 2 saturated carbocycles. The normalized spacial score (nSPS) is 25.3. The zero-order valence-electron chi connectivity index (χ0n) is 24.7. The number of amidine groups is 1. The number of methoxy groups -OCH3 is 1. The number of amides is 1. The average Bonchev–Trinajstić information content (AvgIpc) is 3.49. The first-order valence-electron chi connectivity index (χ1n) is 15.0. The molecule has 1 saturated heterocycles. The first-order valence-corrected chi connectivity index (χ1v) is 15.0. The van der Waals surface area contributed by atoms with E-state index in [-0.39, 0.29) is 29.3 Å². The Morgan fingerprint density at radius 1 is 1.15 bits per heavy atom. The molecule has 2 aromatic heterocycles. The largest absolute Gasteiger partial charge is 0.463 e. The van der Waals surface area contributed by atoms with E-state index < -0.39 is 6.09 Å². The van der Waals surface area contributed by atoms with Gasteiger partial charge in [-0.05, 0) is 77.0 Å². The third-order valence-corrected chi connectivity index (χ3v) is 9.66. The lowest BCUT2D eigenvalue weighted by atomic mass is 9.80. The van der Waals surface area contributed by atoms with Gasteiger partial charge in [0.15, 0.2) is 23.1 Å². The molecule has 0 spiro atoms. The number of aromatic nitrogens is 4. The van der Waals surface area contributed by atoms with Crippen molar-refractivity contribution in [2.75, 3.05) is 23.9 Å². The number of hydrogen-bond acceptors (Lipinski definition) is 7. The standard InChI is InChI=1S/C29H46N8O3/c1-17-11-13-19(14-12-17)16-37-22-24(31-18(2)20-8-6-9-20)33-26(23(30)32-28(38)39)34-25(22)35-27(37)36-15-7-10-21(36)29(3,4)40-5/h17-21H,6-16H2,1-5H3,(H2,30,32)(H,38,39)(H,31,33,34)/t17?,18-,19?,21?/m1/s1. The maximum Gasteiger partial charge on any atom is 0.433 e. The quantitative estimate of drug-likeness (QED) is 0.287. The van der Waals surface area contributed by atoms with Crippen LogP contribution in [0.25, 0.3) is 11.2 Å². The summed E-state index contributed by atoms with van der Waals surface area (Å²) in [7, 11) is 1.77. The van der Waals surface area contributed by atoms with Crippen molar-refractivity contribution in [2.24, 2.45) is 28.5 Å². The molecule has 11 nitrogen and oxygen atoms in total. The van der Waals surface area contributed by atoms with Crippen LogP contribution >= 0.6 is 0 Å². The van der Waals surface area contributed by atoms with Crippen molar-refractivity contribution in [1.82, 2.24) is 19.5 Å². The smallest absolute Gasteiger partial charge is 0.433 e. The van der Waals surface area contributed by atoms with Crippen LogP contribution in [-0.4, -0.2) is 67.9 Å². The fraction of sp³-hybridized carbons (Fsp3) is 0.759. The highest BCUT2D eigenvalue weighted by atomic mass is 16.5. The van der Waals surface area contributed by atoms with Crippen molar-refractivity contribution in [3.05, 3.63) is 5.82 Å². The zero-order valence-corrected chi connectivity index (χ0v) is 24.7. The number of ether oxygens (including phenoxy) is 1. The van der Waals surface area contributed by atoms with Gasteiger partial charge in [-0.25, -0.2) is 14.8 Å². The van der Waals surface area contributed by atoms with Crippen LogP contribution in [0, 0.1) is 17.8 Å². The number of rotatable bonds is 9. The van der Waals surface area contributed by atoms with Gasteiger partial charge in [-0.15, -0.1) is 0 Å². The number of carbonyl (C=O) groups is 1. The van der Waals surface area contributed by atoms with Gasteiger partial charge in [-0.3, -0.25) is 0 Å². The van der Waals surface area contributed by atoms with E-state index in [4.69, 9.17) is 20.4 Å². The van der Waals surface area contributed by atoms with Crippen LogP contribution < -0.4 is 16.0 Å². The van der Waals surface area contributed by atoms with Crippen LogP contribution in [0.4, 0.5) is 16.6 Å². The number of carboxylic acid groups (broad SMARTS) is 1. The van der Waals surface area contributed by atoms with Crippen LogP contribution in [0.15, 0.2) is 4.99 Å². The molecule has 11 heteroatoms. The van der Waals surface area contributed by atoms with Gasteiger partial charge in [-0.1, -0.05) is 26.2 Å². The number of aliphatic imine (C=N–C) groups is 1. The molecule has 0 radical (unpaired) electrons. The Morgan fingerprint density at radius 2 is 1.88 bits per heavy atom. The monoisotopic (exact) mass is 554 g/mol. The maximum absolute atomic E-state index is 11.3. The summed E-state index contributed by atoms with van der Waals surface area (Å²) >= 11 is 0. The third-order valence-electron chi connectivity index (χ3n) is 9.66. The van der Waals surface area contributed by atoms with Crippen molar-refractivity contribution in [3.8, 4) is 0 Å². The molecule has 0 bridgehead atoms. The van der Waals surface area contributed by atoms with Crippen LogP contribution in [0.1, 0.15) is 91.3 Å². The lowest BCUT2D eigenvalue weighted by Gasteiger charge is -2.38. The summed E-state index contributed by atoms with van der Waals surface area (Å²) < 4.78 is 8.27. The van der Waals surface area contributed by atoms with Crippen LogP contribution in [0.2, 0.25) is 0 Å². The Hall–Kier alpha value is -2.95. The summed E-state index contributed by atoms with van der Waals surface area (Å²) in [5.74, 6) is 3.25. The van der Waals surface area contributed by atoms with E-state index in [1.807, 2.05) is 0 Å². The predicted octanol–water partition coefficient (Wildman–Crippen LogP) is 5.03. The molecule has 5 rings (SSSR count). The van der Waals surface area contributed by atoms with E-state index in [0.717, 1.165) is 43.3 Å². The maximum atomic E-state index is 11.3. The highest BCUT2D eigenvalue weighted by molar-refractivity contribution is 6.01. The molecule has 3 heterocycles. The minimum atomic E-state index is -1.38. The summed E-state index contributed by atoms with van der Waals surface area (Å²) in [4.78, 5) is 31.8. The number of nitrogens with zero attached hydrogens (tertiary/aromatic N) is 6. The minimum absolute atomic E-state index is 0.0797. The van der Waals surface area contributed by atoms with Gasteiger partial charge in [-0.2, -0.15) is 9.98 Å². The lowest BCUT2D eigenvalue weighted by molar-refractivity contribution is 0.00151. The van der Waals surface area contributed by atoms with E-state index in [0.29, 0.717) is 23.3 Å². The highest BCUT2D eigenvalue weighted by Crippen LogP contribution is 2.39. The summed E-state index contributed by atoms with van der Waals surface area (Å²) in [5.41, 5.74) is 7.08. The number of nitrogens with one attached hydrogen (secondary N) is 1. The molecule has 4 N–H and O–H groups in total. The molecule has 3 aliphatic rings. The van der Waals surface area contributed by atoms with Gasteiger partial charge in [0.1, 0.15) is 5.52 Å². The second-order valence-corrected chi connectivity index (χ2v) is 12.8. The Morgan fingerprint density at radius 3 is 2.50 bits per heavy atom. The second kappa shape index (κ2) is 11.5. The third kappa shape index (κ3) is 5.75. The molecule has 1 aliphatic heterocycles. The van der Waals surface area contributed by atoms with Crippen LogP contribution in [0.5, 0.6) is 0 Å². The van der Waals surface area contributed by atoms with Crippen LogP contribution in [0.3, 0.4) is 0 Å². The molecule has 1 amide bonds. The number of fused-ring (bicyclic) bond motifs is 1. The number of anilines is 2. The van der Waals surface area contributed by atoms with Crippen LogP contribution in [-0.2, 0) is 11.3 Å². The molecule has 2 atom stereocenters. The molecule has 3 fully saturated rings. The number of nitrogens with two attached hydrogens (primary N) is 1. The van der Waals surface area contributed by atoms with Crippen molar-refractivity contribution in [3.63, 3.8) is 0 Å². The van der Waals surface area contributed by atoms with E-state index in [1.165, 1.54) is 44.9 Å². The zero-order chi connectivity index (χ0) is 28.6. The van der Waals surface area contributed by atoms with Gasteiger partial charge < -0.3 is 30.4 Å². The summed E-state index contributed by atoms with van der Waals surface area (Å²) in [5, 5.41) is 12.9.